The average Bonchev–Trinajstić information content (AvgIpc) is 2.89. The number of hydrogen-bond donors (Lipinski definition) is 3. The van der Waals surface area contributed by atoms with Crippen molar-refractivity contribution in [1.82, 2.24) is 10.3 Å². The molecule has 116 valence electrons. The molecule has 1 aromatic carbocycles. The Labute approximate surface area is 125 Å². The Hall–Kier alpha value is -2.90. The summed E-state index contributed by atoms with van der Waals surface area (Å²) in [6.45, 7) is 3.07. The van der Waals surface area contributed by atoms with Crippen molar-refractivity contribution in [2.75, 3.05) is 0 Å². The molecule has 1 amide bonds. The van der Waals surface area contributed by atoms with E-state index in [9.17, 15) is 19.7 Å². The van der Waals surface area contributed by atoms with E-state index < -0.39 is 28.8 Å². The molecule has 1 heterocycles. The second-order valence-corrected chi connectivity index (χ2v) is 5.07. The zero-order valence-corrected chi connectivity index (χ0v) is 12.0. The number of nitro benzene ring substituents is 1. The van der Waals surface area contributed by atoms with Crippen LogP contribution in [0.25, 0.3) is 10.9 Å². The lowest BCUT2D eigenvalue weighted by molar-refractivity contribution is -0.383. The van der Waals surface area contributed by atoms with Crippen molar-refractivity contribution >= 4 is 28.5 Å². The van der Waals surface area contributed by atoms with E-state index >= 15 is 0 Å². The molecule has 0 fully saturated rings. The Morgan fingerprint density at radius 1 is 1.36 bits per heavy atom. The maximum atomic E-state index is 12.1. The highest BCUT2D eigenvalue weighted by molar-refractivity contribution is 6.00. The quantitative estimate of drug-likeness (QED) is 0.574. The van der Waals surface area contributed by atoms with Crippen LogP contribution < -0.4 is 5.32 Å². The fraction of sp³-hybridized carbons (Fsp3) is 0.286. The maximum Gasteiger partial charge on any atom is 0.308 e. The number of amides is 1. The molecular formula is C14H15N3O5. The van der Waals surface area contributed by atoms with E-state index in [1.54, 1.807) is 13.0 Å². The number of aliphatic carboxylic acids is 1. The number of fused-ring (bicyclic) bond motifs is 1. The molecule has 8 nitrogen and oxygen atoms in total. The van der Waals surface area contributed by atoms with Gasteiger partial charge in [0.2, 0.25) is 0 Å². The summed E-state index contributed by atoms with van der Waals surface area (Å²) in [4.78, 5) is 36.2. The number of benzene rings is 1. The Bertz CT molecular complexity index is 752. The first-order valence-electron chi connectivity index (χ1n) is 6.61. The van der Waals surface area contributed by atoms with E-state index in [1.165, 1.54) is 25.1 Å². The van der Waals surface area contributed by atoms with Gasteiger partial charge in [0.05, 0.1) is 10.8 Å². The molecule has 1 aromatic heterocycles. The first-order valence-corrected chi connectivity index (χ1v) is 6.61. The number of H-pyrrole nitrogens is 1. The molecule has 0 aliphatic rings. The molecule has 0 aliphatic carbocycles. The predicted octanol–water partition coefficient (Wildman–Crippen LogP) is 1.92. The highest BCUT2D eigenvalue weighted by Crippen LogP contribution is 2.25. The lowest BCUT2D eigenvalue weighted by Crippen LogP contribution is -2.40. The van der Waals surface area contributed by atoms with Crippen molar-refractivity contribution in [2.24, 2.45) is 5.92 Å². The van der Waals surface area contributed by atoms with Gasteiger partial charge in [-0.25, -0.2) is 0 Å². The number of nitro groups is 1. The summed E-state index contributed by atoms with van der Waals surface area (Å²) >= 11 is 0. The molecule has 3 N–H and O–H groups in total. The van der Waals surface area contributed by atoms with Gasteiger partial charge in [-0.2, -0.15) is 0 Å². The van der Waals surface area contributed by atoms with Crippen LogP contribution in [0, 0.1) is 16.0 Å². The third-order valence-electron chi connectivity index (χ3n) is 3.57. The smallest absolute Gasteiger partial charge is 0.308 e. The lowest BCUT2D eigenvalue weighted by Gasteiger charge is -2.17. The van der Waals surface area contributed by atoms with Crippen LogP contribution in [0.5, 0.6) is 0 Å². The number of carboxylic acids is 1. The highest BCUT2D eigenvalue weighted by atomic mass is 16.6. The molecule has 2 aromatic rings. The molecule has 0 saturated heterocycles. The third kappa shape index (κ3) is 2.90. The Balaban J connectivity index is 2.28. The second-order valence-electron chi connectivity index (χ2n) is 5.07. The van der Waals surface area contributed by atoms with Crippen LogP contribution in [0.3, 0.4) is 0 Å². The third-order valence-corrected chi connectivity index (χ3v) is 3.57. The summed E-state index contributed by atoms with van der Waals surface area (Å²) in [6, 6.07) is 5.45. The lowest BCUT2D eigenvalue weighted by atomic mass is 10.0. The number of carboxylic acid groups (broad SMARTS) is 1. The van der Waals surface area contributed by atoms with E-state index in [2.05, 4.69) is 10.3 Å². The van der Waals surface area contributed by atoms with Crippen molar-refractivity contribution in [1.29, 1.82) is 0 Å². The van der Waals surface area contributed by atoms with Crippen LogP contribution in [0.2, 0.25) is 0 Å². The van der Waals surface area contributed by atoms with Gasteiger partial charge in [-0.15, -0.1) is 0 Å². The number of rotatable bonds is 5. The van der Waals surface area contributed by atoms with Crippen LogP contribution in [-0.2, 0) is 4.79 Å². The fourth-order valence-electron chi connectivity index (χ4n) is 2.04. The minimum absolute atomic E-state index is 0.122. The van der Waals surface area contributed by atoms with Gasteiger partial charge in [0.1, 0.15) is 11.2 Å². The minimum atomic E-state index is -1.01. The first-order chi connectivity index (χ1) is 10.3. The van der Waals surface area contributed by atoms with E-state index in [-0.39, 0.29) is 16.9 Å². The van der Waals surface area contributed by atoms with Crippen molar-refractivity contribution in [3.8, 4) is 0 Å². The molecule has 2 atom stereocenters. The number of aromatic amines is 1. The van der Waals surface area contributed by atoms with Crippen molar-refractivity contribution in [3.05, 3.63) is 40.1 Å². The standard InChI is InChI=1S/C14H15N3O5/c1-7(14(19)20)8(2)15-13(18)10-6-9-4-3-5-11(17(21)22)12(9)16-10/h3-8,16H,1-2H3,(H,15,18)(H,19,20). The molecule has 0 radical (unpaired) electrons. The number of non-ortho nitro benzene ring substituents is 1. The Morgan fingerprint density at radius 3 is 2.64 bits per heavy atom. The van der Waals surface area contributed by atoms with E-state index in [0.717, 1.165) is 0 Å². The minimum Gasteiger partial charge on any atom is -0.481 e. The van der Waals surface area contributed by atoms with Gasteiger partial charge in [-0.05, 0) is 19.9 Å². The van der Waals surface area contributed by atoms with Gasteiger partial charge in [-0.1, -0.05) is 12.1 Å². The summed E-state index contributed by atoms with van der Waals surface area (Å²) in [7, 11) is 0. The fourth-order valence-corrected chi connectivity index (χ4v) is 2.04. The molecule has 22 heavy (non-hydrogen) atoms. The molecule has 0 aliphatic heterocycles. The van der Waals surface area contributed by atoms with Gasteiger partial charge >= 0.3 is 5.97 Å². The average molecular weight is 305 g/mol. The SMILES string of the molecule is CC(NC(=O)c1cc2cccc([N+](=O)[O-])c2[nH]1)C(C)C(=O)O. The van der Waals surface area contributed by atoms with Crippen molar-refractivity contribution in [3.63, 3.8) is 0 Å². The Morgan fingerprint density at radius 2 is 2.05 bits per heavy atom. The molecule has 2 rings (SSSR count). The van der Waals surface area contributed by atoms with E-state index in [0.29, 0.717) is 5.39 Å². The van der Waals surface area contributed by atoms with Gasteiger partial charge < -0.3 is 15.4 Å². The van der Waals surface area contributed by atoms with Gasteiger partial charge in [0.15, 0.2) is 0 Å². The summed E-state index contributed by atoms with van der Waals surface area (Å²) in [5.74, 6) is -2.27. The van der Waals surface area contributed by atoms with Gasteiger partial charge in [0.25, 0.3) is 11.6 Å². The molecule has 2 unspecified atom stereocenters. The Kier molecular flexibility index (Phi) is 4.11. The van der Waals surface area contributed by atoms with Crippen LogP contribution in [-0.4, -0.2) is 32.9 Å². The van der Waals surface area contributed by atoms with Gasteiger partial charge in [0, 0.05) is 17.5 Å². The van der Waals surface area contributed by atoms with Crippen LogP contribution in [0.1, 0.15) is 24.3 Å². The molecule has 0 spiro atoms. The zero-order chi connectivity index (χ0) is 16.4. The number of nitrogens with zero attached hydrogens (tertiary/aromatic N) is 1. The molecule has 8 heteroatoms. The summed E-state index contributed by atoms with van der Waals surface area (Å²) < 4.78 is 0. The number of para-hydroxylation sites is 1. The summed E-state index contributed by atoms with van der Waals surface area (Å²) in [6.07, 6.45) is 0. The number of aromatic nitrogens is 1. The second kappa shape index (κ2) is 5.84. The summed E-state index contributed by atoms with van der Waals surface area (Å²) in [5.41, 5.74) is 0.286. The topological polar surface area (TPSA) is 125 Å². The largest absolute Gasteiger partial charge is 0.481 e. The number of carbonyl (C=O) groups excluding carboxylic acids is 1. The molecular weight excluding hydrogens is 290 g/mol. The zero-order valence-electron chi connectivity index (χ0n) is 12.0. The molecule has 0 bridgehead atoms. The van der Waals surface area contributed by atoms with Crippen LogP contribution in [0.4, 0.5) is 5.69 Å². The van der Waals surface area contributed by atoms with E-state index in [1.807, 2.05) is 0 Å². The first kappa shape index (κ1) is 15.5. The molecule has 0 saturated carbocycles. The van der Waals surface area contributed by atoms with Crippen molar-refractivity contribution < 1.29 is 19.6 Å². The normalized spacial score (nSPS) is 13.5. The monoisotopic (exact) mass is 305 g/mol. The van der Waals surface area contributed by atoms with Gasteiger partial charge in [-0.3, -0.25) is 19.7 Å². The van der Waals surface area contributed by atoms with Crippen molar-refractivity contribution in [2.45, 2.75) is 19.9 Å². The predicted molar refractivity (Wildman–Crippen MR) is 78.7 cm³/mol. The van der Waals surface area contributed by atoms with E-state index in [4.69, 9.17) is 5.11 Å². The maximum absolute atomic E-state index is 12.1. The number of carbonyl (C=O) groups is 2. The van der Waals surface area contributed by atoms with Crippen LogP contribution in [0.15, 0.2) is 24.3 Å². The summed E-state index contributed by atoms with van der Waals surface area (Å²) in [5, 5.41) is 23.0. The highest BCUT2D eigenvalue weighted by Gasteiger charge is 2.23. The van der Waals surface area contributed by atoms with Crippen LogP contribution >= 0.6 is 0 Å². The number of nitrogens with one attached hydrogen (secondary N) is 2. The number of hydrogen-bond acceptors (Lipinski definition) is 4.